The van der Waals surface area contributed by atoms with Gasteiger partial charge in [-0.05, 0) is 120 Å². The van der Waals surface area contributed by atoms with E-state index in [-0.39, 0.29) is 0 Å². The van der Waals surface area contributed by atoms with E-state index in [1.165, 1.54) is 64.9 Å². The predicted octanol–water partition coefficient (Wildman–Crippen LogP) is 11.5. The van der Waals surface area contributed by atoms with E-state index in [1.807, 2.05) is 0 Å². The van der Waals surface area contributed by atoms with Crippen LogP contribution in [0.4, 0.5) is 5.69 Å². The highest BCUT2D eigenvalue weighted by Crippen LogP contribution is 2.57. The zero-order chi connectivity index (χ0) is 30.5. The Morgan fingerprint density at radius 2 is 1.35 bits per heavy atom. The third kappa shape index (κ3) is 4.75. The molecule has 0 aromatic heterocycles. The molecule has 228 valence electrons. The molecule has 5 aliphatic carbocycles. The Balaban J connectivity index is 1.17. The first kappa shape index (κ1) is 27.9. The smallest absolute Gasteiger partial charge is 0.0588 e. The summed E-state index contributed by atoms with van der Waals surface area (Å²) in [7, 11) is 0. The molecule has 0 radical (unpaired) electrons. The van der Waals surface area contributed by atoms with Crippen molar-refractivity contribution in [2.45, 2.75) is 69.2 Å². The maximum absolute atomic E-state index is 2.68. The van der Waals surface area contributed by atoms with E-state index in [0.29, 0.717) is 29.7 Å². The number of fused-ring (bicyclic) bond motifs is 6. The molecule has 3 aromatic carbocycles. The van der Waals surface area contributed by atoms with Crippen LogP contribution in [-0.4, -0.2) is 6.04 Å². The van der Waals surface area contributed by atoms with E-state index in [1.54, 1.807) is 16.7 Å². The molecule has 0 fully saturated rings. The zero-order valence-electron chi connectivity index (χ0n) is 26.7. The fourth-order valence-corrected chi connectivity index (χ4v) is 9.36. The normalized spacial score (nSPS) is 27.7. The van der Waals surface area contributed by atoms with E-state index in [9.17, 15) is 0 Å². The standard InChI is InChI=1S/C45H43N/c1-4-12-31(13-5-1)33-20-25-37(26-21-33)46-42-19-11-10-18-40(42)45-43(46)29-24-35-22-27-38(34-16-8-3-9-17-34)41-30-36(23-28-39(41)44(35)45)32-14-6-2-7-15-32/h3-4,6,8-9,11-17,19-21,23-26,28-30,35,38,40,42,44H,1-2,5,7,10,18,22,27H2. The Kier molecular flexibility index (Phi) is 7.14. The van der Waals surface area contributed by atoms with Gasteiger partial charge in [-0.15, -0.1) is 0 Å². The minimum absolute atomic E-state index is 0.384. The Morgan fingerprint density at radius 1 is 0.587 bits per heavy atom. The lowest BCUT2D eigenvalue weighted by molar-refractivity contribution is 0.437. The number of benzene rings is 3. The number of hydrogen-bond acceptors (Lipinski definition) is 1. The number of hydrogen-bond donors (Lipinski definition) is 0. The van der Waals surface area contributed by atoms with Gasteiger partial charge in [-0.2, -0.15) is 0 Å². The molecule has 0 spiro atoms. The monoisotopic (exact) mass is 597 g/mol. The highest BCUT2D eigenvalue weighted by Gasteiger charge is 2.47. The van der Waals surface area contributed by atoms with Gasteiger partial charge in [0.2, 0.25) is 0 Å². The summed E-state index contributed by atoms with van der Waals surface area (Å²) in [5.41, 5.74) is 14.5. The van der Waals surface area contributed by atoms with E-state index < -0.39 is 0 Å². The lowest BCUT2D eigenvalue weighted by Gasteiger charge is -2.33. The molecule has 0 N–H and O–H groups in total. The molecule has 3 aromatic rings. The summed E-state index contributed by atoms with van der Waals surface area (Å²) in [5, 5.41) is 0. The topological polar surface area (TPSA) is 3.24 Å². The van der Waals surface area contributed by atoms with Crippen molar-refractivity contribution in [3.63, 3.8) is 0 Å². The fraction of sp³-hybridized carbons (Fsp3) is 0.289. The predicted molar refractivity (Wildman–Crippen MR) is 194 cm³/mol. The van der Waals surface area contributed by atoms with Crippen molar-refractivity contribution in [1.82, 2.24) is 0 Å². The van der Waals surface area contributed by atoms with Crippen molar-refractivity contribution >= 4 is 16.8 Å². The first-order chi connectivity index (χ1) is 22.8. The Hall–Kier alpha value is -4.36. The molecule has 1 heteroatoms. The number of nitrogens with zero attached hydrogens (tertiary/aromatic N) is 1. The van der Waals surface area contributed by atoms with Crippen molar-refractivity contribution in [3.8, 4) is 0 Å². The molecule has 0 saturated heterocycles. The van der Waals surface area contributed by atoms with Gasteiger partial charge in [-0.1, -0.05) is 115 Å². The van der Waals surface area contributed by atoms with Gasteiger partial charge in [-0.3, -0.25) is 0 Å². The highest BCUT2D eigenvalue weighted by molar-refractivity contribution is 5.78. The summed E-state index contributed by atoms with van der Waals surface area (Å²) in [4.78, 5) is 2.68. The summed E-state index contributed by atoms with van der Waals surface area (Å²) < 4.78 is 0. The Bertz CT molecular complexity index is 1860. The molecule has 6 aliphatic rings. The molecule has 5 atom stereocenters. The fourth-order valence-electron chi connectivity index (χ4n) is 9.36. The van der Waals surface area contributed by atoms with E-state index in [4.69, 9.17) is 0 Å². The van der Waals surface area contributed by atoms with Crippen molar-refractivity contribution in [2.75, 3.05) is 4.90 Å². The van der Waals surface area contributed by atoms with Crippen molar-refractivity contribution < 1.29 is 0 Å². The van der Waals surface area contributed by atoms with E-state index in [0.717, 1.165) is 25.7 Å². The van der Waals surface area contributed by atoms with Gasteiger partial charge in [-0.25, -0.2) is 0 Å². The van der Waals surface area contributed by atoms with E-state index >= 15 is 0 Å². The van der Waals surface area contributed by atoms with Crippen LogP contribution in [0.15, 0.2) is 145 Å². The molecule has 46 heavy (non-hydrogen) atoms. The molecule has 9 rings (SSSR count). The van der Waals surface area contributed by atoms with Crippen LogP contribution >= 0.6 is 0 Å². The van der Waals surface area contributed by atoms with Gasteiger partial charge in [0.05, 0.1) is 6.04 Å². The number of anilines is 1. The molecule has 0 bridgehead atoms. The van der Waals surface area contributed by atoms with E-state index in [2.05, 4.69) is 138 Å². The average Bonchev–Trinajstić information content (AvgIpc) is 3.37. The number of rotatable bonds is 4. The number of allylic oxidation sites excluding steroid dienone is 11. The lowest BCUT2D eigenvalue weighted by atomic mass is 9.69. The van der Waals surface area contributed by atoms with Gasteiger partial charge in [0, 0.05) is 29.1 Å². The quantitative estimate of drug-likeness (QED) is 0.270. The third-order valence-electron chi connectivity index (χ3n) is 11.5. The maximum atomic E-state index is 2.68. The highest BCUT2D eigenvalue weighted by atomic mass is 15.2. The molecule has 1 nitrogen and oxygen atoms in total. The molecule has 0 amide bonds. The Morgan fingerprint density at radius 3 is 2.11 bits per heavy atom. The summed E-state index contributed by atoms with van der Waals surface area (Å²) in [6, 6.07) is 28.7. The van der Waals surface area contributed by atoms with Crippen LogP contribution in [0.5, 0.6) is 0 Å². The Labute approximate surface area is 274 Å². The minimum Gasteiger partial charge on any atom is -0.334 e. The van der Waals surface area contributed by atoms with Gasteiger partial charge in [0.15, 0.2) is 0 Å². The molecule has 1 aliphatic heterocycles. The maximum Gasteiger partial charge on any atom is 0.0588 e. The average molecular weight is 598 g/mol. The van der Waals surface area contributed by atoms with Crippen LogP contribution in [-0.2, 0) is 0 Å². The van der Waals surface area contributed by atoms with Crippen LogP contribution in [0.1, 0.15) is 91.0 Å². The second kappa shape index (κ2) is 11.8. The summed E-state index contributed by atoms with van der Waals surface area (Å²) in [5.74, 6) is 1.92. The third-order valence-corrected chi connectivity index (χ3v) is 11.5. The summed E-state index contributed by atoms with van der Waals surface area (Å²) >= 11 is 0. The second-order valence-electron chi connectivity index (χ2n) is 14.0. The first-order valence-corrected chi connectivity index (χ1v) is 17.7. The van der Waals surface area contributed by atoms with Gasteiger partial charge >= 0.3 is 0 Å². The molecule has 1 heterocycles. The van der Waals surface area contributed by atoms with Gasteiger partial charge in [0.25, 0.3) is 0 Å². The zero-order valence-corrected chi connectivity index (χ0v) is 26.7. The van der Waals surface area contributed by atoms with Crippen LogP contribution < -0.4 is 4.90 Å². The molecule has 5 unspecified atom stereocenters. The molecular weight excluding hydrogens is 555 g/mol. The first-order valence-electron chi connectivity index (χ1n) is 17.7. The molecular formula is C45H43N. The van der Waals surface area contributed by atoms with Gasteiger partial charge < -0.3 is 4.90 Å². The van der Waals surface area contributed by atoms with Crippen LogP contribution in [0.3, 0.4) is 0 Å². The lowest BCUT2D eigenvalue weighted by Crippen LogP contribution is -2.33. The minimum atomic E-state index is 0.384. The van der Waals surface area contributed by atoms with Gasteiger partial charge in [0.1, 0.15) is 0 Å². The van der Waals surface area contributed by atoms with Crippen molar-refractivity contribution in [2.24, 2.45) is 11.8 Å². The summed E-state index contributed by atoms with van der Waals surface area (Å²) in [6.07, 6.45) is 33.5. The van der Waals surface area contributed by atoms with Crippen molar-refractivity contribution in [3.05, 3.63) is 173 Å². The van der Waals surface area contributed by atoms with Crippen LogP contribution in [0.25, 0.3) is 11.1 Å². The SMILES string of the molecule is C1=CC(c2ccc(N3C4=C(C5CCC=CC53)C3c5ccc(C6=CCCC=C6)cc5C(c5ccccc5)CCC3C=C4)cc2)=CCC1. The second-order valence-corrected chi connectivity index (χ2v) is 14.0. The largest absolute Gasteiger partial charge is 0.334 e. The summed E-state index contributed by atoms with van der Waals surface area (Å²) in [6.45, 7) is 0. The molecule has 0 saturated carbocycles. The van der Waals surface area contributed by atoms with Crippen LogP contribution in [0.2, 0.25) is 0 Å². The van der Waals surface area contributed by atoms with Crippen molar-refractivity contribution in [1.29, 1.82) is 0 Å². The van der Waals surface area contributed by atoms with Crippen LogP contribution in [0, 0.1) is 11.8 Å².